The fraction of sp³-hybridized carbons (Fsp3) is 0. The van der Waals surface area contributed by atoms with Crippen LogP contribution in [-0.2, 0) is 0 Å². The number of amidine groups is 1. The summed E-state index contributed by atoms with van der Waals surface area (Å²) in [4.78, 5) is 0. The second-order valence-corrected chi connectivity index (χ2v) is 5.72. The molecule has 0 atom stereocenters. The van der Waals surface area contributed by atoms with Crippen LogP contribution in [0.15, 0.2) is 51.7 Å². The third-order valence-electron chi connectivity index (χ3n) is 2.47. The Morgan fingerprint density at radius 2 is 1.58 bits per heavy atom. The average Bonchev–Trinajstić information content (AvgIpc) is 2.54. The molecule has 0 aromatic heterocycles. The molecule has 0 bridgehead atoms. The molecule has 0 heterocycles. The monoisotopic (exact) mass is 425 g/mol. The van der Waals surface area contributed by atoms with E-state index in [1.807, 2.05) is 0 Å². The van der Waals surface area contributed by atoms with E-state index in [2.05, 4.69) is 20.8 Å². The van der Waals surface area contributed by atoms with Gasteiger partial charge in [0.15, 0.2) is 0 Å². The topological polar surface area (TPSA) is 72.9 Å². The Hall–Kier alpha value is -0.204. The van der Waals surface area contributed by atoms with E-state index in [0.717, 1.165) is 0 Å². The maximum absolute atomic E-state index is 9.01. The van der Waals surface area contributed by atoms with Crippen LogP contribution in [0.1, 0.15) is 1.43 Å². The predicted molar refractivity (Wildman–Crippen MR) is 95.2 cm³/mol. The van der Waals surface area contributed by atoms with Crippen LogP contribution < -0.4 is 56.8 Å². The van der Waals surface area contributed by atoms with Crippen molar-refractivity contribution in [2.45, 2.75) is 0 Å². The Balaban J connectivity index is 0.00000288. The van der Waals surface area contributed by atoms with Gasteiger partial charge < -0.3 is 1.43 Å². The van der Waals surface area contributed by atoms with Gasteiger partial charge in [-0.2, -0.15) is 5.26 Å². The smallest absolute Gasteiger partial charge is 1.00 e. The first-order chi connectivity index (χ1) is 11.0. The van der Waals surface area contributed by atoms with Gasteiger partial charge in [0.05, 0.1) is 31.5 Å². The van der Waals surface area contributed by atoms with Gasteiger partial charge in [-0.1, -0.05) is 46.4 Å². The number of halogens is 4. The van der Waals surface area contributed by atoms with Crippen molar-refractivity contribution >= 4 is 63.6 Å². The first-order valence-corrected chi connectivity index (χ1v) is 7.56. The summed E-state index contributed by atoms with van der Waals surface area (Å²) >= 11 is 23.4. The maximum Gasteiger partial charge on any atom is 1.00 e. The number of rotatable bonds is 3. The maximum atomic E-state index is 9.01. The van der Waals surface area contributed by atoms with Crippen LogP contribution in [-0.4, -0.2) is 5.84 Å². The fourth-order valence-electron chi connectivity index (χ4n) is 1.41. The number of hydrogen-bond acceptors (Lipinski definition) is 4. The molecule has 0 aliphatic heterocycles. The van der Waals surface area contributed by atoms with Gasteiger partial charge in [0.2, 0.25) is 0 Å². The number of nitriles is 1. The van der Waals surface area contributed by atoms with Gasteiger partial charge in [-0.25, -0.2) is 0 Å². The Morgan fingerprint density at radius 3 is 2.17 bits per heavy atom. The second kappa shape index (κ2) is 10.7. The third-order valence-corrected chi connectivity index (χ3v) is 3.95. The fourth-order valence-corrected chi connectivity index (χ4v) is 2.00. The second-order valence-electron chi connectivity index (χ2n) is 4.09. The Kier molecular flexibility index (Phi) is 9.75. The quantitative estimate of drug-likeness (QED) is 0.268. The standard InChI is InChI=1S/C14H7Cl4N5.K.H/c15-10-3-1-8(5-12(10)17)20-22-14(7-19)23-21-9-2-4-11(16)13(18)6-9;;/h1-6,20H;;/q;+1;-1. The third kappa shape index (κ3) is 6.60. The zero-order valence-corrected chi connectivity index (χ0v) is 18.4. The molecule has 1 N–H and O–H groups in total. The van der Waals surface area contributed by atoms with Crippen molar-refractivity contribution in [3.63, 3.8) is 0 Å². The van der Waals surface area contributed by atoms with Gasteiger partial charge in [-0.15, -0.1) is 15.3 Å². The van der Waals surface area contributed by atoms with E-state index in [1.165, 1.54) is 6.07 Å². The van der Waals surface area contributed by atoms with Crippen LogP contribution in [0.5, 0.6) is 0 Å². The van der Waals surface area contributed by atoms with Crippen molar-refractivity contribution in [1.29, 1.82) is 5.26 Å². The molecule has 2 aromatic carbocycles. The van der Waals surface area contributed by atoms with E-state index >= 15 is 0 Å². The summed E-state index contributed by atoms with van der Waals surface area (Å²) in [7, 11) is 0. The van der Waals surface area contributed by atoms with Crippen molar-refractivity contribution in [3.05, 3.63) is 56.5 Å². The zero-order valence-electron chi connectivity index (χ0n) is 13.3. The van der Waals surface area contributed by atoms with Crippen LogP contribution in [0.4, 0.5) is 11.4 Å². The molecule has 0 saturated carbocycles. The number of anilines is 1. The van der Waals surface area contributed by atoms with Crippen molar-refractivity contribution < 1.29 is 52.8 Å². The SMILES string of the molecule is N#CC(N=Nc1ccc(Cl)c(Cl)c1)=NNc1ccc(Cl)c(Cl)c1.[H-].[K+]. The van der Waals surface area contributed by atoms with Crippen LogP contribution >= 0.6 is 46.4 Å². The number of nitrogens with zero attached hydrogens (tertiary/aromatic N) is 4. The van der Waals surface area contributed by atoms with Gasteiger partial charge in [0, 0.05) is 0 Å². The Morgan fingerprint density at radius 1 is 0.958 bits per heavy atom. The average molecular weight is 427 g/mol. The predicted octanol–water partition coefficient (Wildman–Crippen LogP) is 3.45. The van der Waals surface area contributed by atoms with E-state index < -0.39 is 0 Å². The molecule has 5 nitrogen and oxygen atoms in total. The summed E-state index contributed by atoms with van der Waals surface area (Å²) < 4.78 is 0. The van der Waals surface area contributed by atoms with E-state index in [0.29, 0.717) is 31.5 Å². The van der Waals surface area contributed by atoms with Crippen LogP contribution in [0.3, 0.4) is 0 Å². The van der Waals surface area contributed by atoms with Crippen molar-refractivity contribution in [2.24, 2.45) is 15.3 Å². The van der Waals surface area contributed by atoms with Crippen LogP contribution in [0, 0.1) is 11.3 Å². The van der Waals surface area contributed by atoms with Gasteiger partial charge in [0.25, 0.3) is 5.84 Å². The van der Waals surface area contributed by atoms with Crippen molar-refractivity contribution in [3.8, 4) is 6.07 Å². The summed E-state index contributed by atoms with van der Waals surface area (Å²) in [6.45, 7) is 0. The first-order valence-electron chi connectivity index (χ1n) is 6.05. The van der Waals surface area contributed by atoms with Crippen molar-refractivity contribution in [1.82, 2.24) is 0 Å². The molecule has 10 heteroatoms. The molecule has 0 spiro atoms. The van der Waals surface area contributed by atoms with Crippen molar-refractivity contribution in [2.75, 3.05) is 5.43 Å². The normalized spacial score (nSPS) is 11.0. The van der Waals surface area contributed by atoms with E-state index in [9.17, 15) is 0 Å². The van der Waals surface area contributed by atoms with Gasteiger partial charge >= 0.3 is 51.4 Å². The minimum Gasteiger partial charge on any atom is -1.00 e. The molecule has 2 aromatic rings. The zero-order chi connectivity index (χ0) is 16.8. The van der Waals surface area contributed by atoms with Gasteiger partial charge in [-0.05, 0) is 36.4 Å². The number of azo groups is 1. The largest absolute Gasteiger partial charge is 1.00 e. The van der Waals surface area contributed by atoms with Crippen LogP contribution in [0.2, 0.25) is 20.1 Å². The number of hydrazone groups is 1. The molecule has 0 saturated heterocycles. The summed E-state index contributed by atoms with van der Waals surface area (Å²) in [5.74, 6) is -0.179. The molecule has 118 valence electrons. The molecule has 0 unspecified atom stereocenters. The van der Waals surface area contributed by atoms with E-state index in [1.54, 1.807) is 36.4 Å². The summed E-state index contributed by atoms with van der Waals surface area (Å²) in [6, 6.07) is 11.3. The molecule has 0 fully saturated rings. The summed E-state index contributed by atoms with van der Waals surface area (Å²) in [6.07, 6.45) is 0. The molecule has 0 aliphatic rings. The summed E-state index contributed by atoms with van der Waals surface area (Å²) in [5, 5.41) is 22.0. The Labute approximate surface area is 202 Å². The number of hydrogen-bond donors (Lipinski definition) is 1. The molecule has 2 rings (SSSR count). The summed E-state index contributed by atoms with van der Waals surface area (Å²) in [5.41, 5.74) is 3.64. The first kappa shape index (κ1) is 21.8. The molecule has 24 heavy (non-hydrogen) atoms. The number of nitrogens with one attached hydrogen (secondary N) is 1. The van der Waals surface area contributed by atoms with Crippen LogP contribution in [0.25, 0.3) is 0 Å². The van der Waals surface area contributed by atoms with E-state index in [-0.39, 0.29) is 58.6 Å². The minimum atomic E-state index is -0.179. The van der Waals surface area contributed by atoms with Gasteiger partial charge in [-0.3, -0.25) is 5.43 Å². The molecule has 0 radical (unpaired) electrons. The molecular weight excluding hydrogens is 419 g/mol. The Bertz CT molecular complexity index is 838. The molecule has 0 amide bonds. The minimum absolute atomic E-state index is 0. The van der Waals surface area contributed by atoms with Gasteiger partial charge in [0.1, 0.15) is 6.07 Å². The molecule has 0 aliphatic carbocycles. The number of benzene rings is 2. The molecular formula is C14H8Cl4KN5. The van der Waals surface area contributed by atoms with E-state index in [4.69, 9.17) is 51.7 Å².